The molecule has 0 saturated carbocycles. The summed E-state index contributed by atoms with van der Waals surface area (Å²) in [6, 6.07) is 27.3. The maximum absolute atomic E-state index is 13.0. The van der Waals surface area contributed by atoms with Gasteiger partial charge in [0.1, 0.15) is 0 Å². The summed E-state index contributed by atoms with van der Waals surface area (Å²) in [6.07, 6.45) is 4.04. The minimum atomic E-state index is -0.0951. The van der Waals surface area contributed by atoms with E-state index in [0.29, 0.717) is 22.3 Å². The lowest BCUT2D eigenvalue weighted by molar-refractivity contribution is 0.0979. The molecule has 4 heteroatoms. The molecule has 0 amide bonds. The molecular formula is C29H19NO2S. The Hall–Kier alpha value is -3.89. The van der Waals surface area contributed by atoms with E-state index in [0.717, 1.165) is 11.1 Å². The fraction of sp³-hybridized carbons (Fsp3) is 0.0345. The molecule has 33 heavy (non-hydrogen) atoms. The molecule has 6 rings (SSSR count). The van der Waals surface area contributed by atoms with Gasteiger partial charge in [0.05, 0.1) is 11.4 Å². The van der Waals surface area contributed by atoms with Crippen LogP contribution >= 0.6 is 11.8 Å². The molecule has 0 spiro atoms. The third kappa shape index (κ3) is 3.22. The van der Waals surface area contributed by atoms with Gasteiger partial charge in [0.25, 0.3) is 0 Å². The van der Waals surface area contributed by atoms with Gasteiger partial charge in [0, 0.05) is 39.1 Å². The van der Waals surface area contributed by atoms with Crippen molar-refractivity contribution in [3.63, 3.8) is 0 Å². The summed E-state index contributed by atoms with van der Waals surface area (Å²) in [7, 11) is 2.09. The van der Waals surface area contributed by atoms with E-state index in [1.165, 1.54) is 21.2 Å². The van der Waals surface area contributed by atoms with Crippen LogP contribution in [0, 0.1) is 0 Å². The van der Waals surface area contributed by atoms with Crippen molar-refractivity contribution in [2.75, 3.05) is 11.9 Å². The molecule has 0 atom stereocenters. The molecule has 0 aromatic heterocycles. The van der Waals surface area contributed by atoms with Crippen LogP contribution in [0.4, 0.5) is 11.4 Å². The number of carbonyl (C=O) groups is 2. The summed E-state index contributed by atoms with van der Waals surface area (Å²) in [5.74, 6) is -0.186. The first-order valence-electron chi connectivity index (χ1n) is 10.8. The maximum atomic E-state index is 13.0. The molecule has 0 unspecified atom stereocenters. The number of ketones is 2. The number of para-hydroxylation sites is 1. The van der Waals surface area contributed by atoms with Crippen molar-refractivity contribution in [2.45, 2.75) is 9.79 Å². The maximum Gasteiger partial charge on any atom is 0.194 e. The van der Waals surface area contributed by atoms with Crippen LogP contribution in [0.1, 0.15) is 43.0 Å². The average Bonchev–Trinajstić information content (AvgIpc) is 2.86. The molecule has 3 nitrogen and oxygen atoms in total. The SMILES string of the molecule is CN1c2ccccc2Sc2cc(/C=C/c3ccc4c(c3)C(=O)c3ccccc3C4=O)ccc21. The fourth-order valence-electron chi connectivity index (χ4n) is 4.48. The topological polar surface area (TPSA) is 37.4 Å². The third-order valence-corrected chi connectivity index (χ3v) is 7.32. The first kappa shape index (κ1) is 19.8. The van der Waals surface area contributed by atoms with E-state index in [4.69, 9.17) is 0 Å². The predicted molar refractivity (Wildman–Crippen MR) is 134 cm³/mol. The van der Waals surface area contributed by atoms with E-state index >= 15 is 0 Å². The number of hydrogen-bond acceptors (Lipinski definition) is 4. The number of fused-ring (bicyclic) bond motifs is 4. The molecule has 158 valence electrons. The van der Waals surface area contributed by atoms with Gasteiger partial charge in [-0.15, -0.1) is 0 Å². The van der Waals surface area contributed by atoms with E-state index in [1.807, 2.05) is 24.3 Å². The van der Waals surface area contributed by atoms with Crippen LogP contribution in [-0.4, -0.2) is 18.6 Å². The van der Waals surface area contributed by atoms with Gasteiger partial charge in [-0.3, -0.25) is 9.59 Å². The lowest BCUT2D eigenvalue weighted by atomic mass is 9.83. The van der Waals surface area contributed by atoms with Crippen LogP contribution in [0.25, 0.3) is 12.2 Å². The van der Waals surface area contributed by atoms with Crippen LogP contribution < -0.4 is 4.90 Å². The molecule has 0 N–H and O–H groups in total. The molecule has 0 fully saturated rings. The molecule has 4 aromatic carbocycles. The Balaban J connectivity index is 1.31. The van der Waals surface area contributed by atoms with Gasteiger partial charge in [-0.25, -0.2) is 0 Å². The molecule has 1 aliphatic carbocycles. The Kier molecular flexibility index (Phi) is 4.56. The van der Waals surface area contributed by atoms with E-state index in [-0.39, 0.29) is 11.6 Å². The summed E-state index contributed by atoms with van der Waals surface area (Å²) in [4.78, 5) is 30.5. The van der Waals surface area contributed by atoms with Gasteiger partial charge < -0.3 is 4.90 Å². The van der Waals surface area contributed by atoms with Crippen molar-refractivity contribution in [3.05, 3.63) is 118 Å². The number of rotatable bonds is 2. The van der Waals surface area contributed by atoms with Crippen LogP contribution in [0.5, 0.6) is 0 Å². The van der Waals surface area contributed by atoms with Crippen LogP contribution in [0.3, 0.4) is 0 Å². The van der Waals surface area contributed by atoms with Crippen molar-refractivity contribution in [3.8, 4) is 0 Å². The lowest BCUT2D eigenvalue weighted by Crippen LogP contribution is -2.20. The van der Waals surface area contributed by atoms with Crippen molar-refractivity contribution in [2.24, 2.45) is 0 Å². The van der Waals surface area contributed by atoms with Crippen molar-refractivity contribution >= 4 is 46.9 Å². The number of benzene rings is 4. The van der Waals surface area contributed by atoms with Crippen molar-refractivity contribution in [1.82, 2.24) is 0 Å². The largest absolute Gasteiger partial charge is 0.343 e. The molecule has 0 radical (unpaired) electrons. The molecule has 1 heterocycles. The smallest absolute Gasteiger partial charge is 0.194 e. The highest BCUT2D eigenvalue weighted by atomic mass is 32.2. The van der Waals surface area contributed by atoms with E-state index < -0.39 is 0 Å². The summed E-state index contributed by atoms with van der Waals surface area (Å²) >= 11 is 1.78. The molecule has 0 bridgehead atoms. The van der Waals surface area contributed by atoms with Gasteiger partial charge in [-0.05, 0) is 47.5 Å². The zero-order valence-corrected chi connectivity index (χ0v) is 18.7. The average molecular weight is 446 g/mol. The third-order valence-electron chi connectivity index (χ3n) is 6.21. The molecule has 0 saturated heterocycles. The monoisotopic (exact) mass is 445 g/mol. The summed E-state index contributed by atoms with van der Waals surface area (Å²) in [6.45, 7) is 0. The number of nitrogens with zero attached hydrogens (tertiary/aromatic N) is 1. The van der Waals surface area contributed by atoms with Crippen LogP contribution in [-0.2, 0) is 0 Å². The first-order chi connectivity index (χ1) is 16.1. The summed E-state index contributed by atoms with van der Waals surface area (Å²) < 4.78 is 0. The second kappa shape index (κ2) is 7.61. The van der Waals surface area contributed by atoms with Gasteiger partial charge in [-0.2, -0.15) is 0 Å². The quantitative estimate of drug-likeness (QED) is 0.278. The lowest BCUT2D eigenvalue weighted by Gasteiger charge is -2.29. The molecule has 4 aromatic rings. The Morgan fingerprint density at radius 1 is 0.606 bits per heavy atom. The highest BCUT2D eigenvalue weighted by Gasteiger charge is 2.29. The van der Waals surface area contributed by atoms with Gasteiger partial charge >= 0.3 is 0 Å². The van der Waals surface area contributed by atoms with Gasteiger partial charge in [0.2, 0.25) is 0 Å². The van der Waals surface area contributed by atoms with Gasteiger partial charge in [0.15, 0.2) is 11.6 Å². The highest BCUT2D eigenvalue weighted by Crippen LogP contribution is 2.47. The zero-order valence-electron chi connectivity index (χ0n) is 17.9. The number of hydrogen-bond donors (Lipinski definition) is 0. The van der Waals surface area contributed by atoms with Gasteiger partial charge in [-0.1, -0.05) is 72.4 Å². The predicted octanol–water partition coefficient (Wildman–Crippen LogP) is 6.86. The molecule has 1 aliphatic heterocycles. The zero-order chi connectivity index (χ0) is 22.5. The van der Waals surface area contributed by atoms with Crippen molar-refractivity contribution < 1.29 is 9.59 Å². The first-order valence-corrected chi connectivity index (χ1v) is 11.6. The molecular weight excluding hydrogens is 426 g/mol. The minimum Gasteiger partial charge on any atom is -0.343 e. The Morgan fingerprint density at radius 3 is 1.97 bits per heavy atom. The Labute approximate surface area is 196 Å². The Morgan fingerprint density at radius 2 is 1.18 bits per heavy atom. The number of carbonyl (C=O) groups excluding carboxylic acids is 2. The van der Waals surface area contributed by atoms with Crippen molar-refractivity contribution in [1.29, 1.82) is 0 Å². The fourth-order valence-corrected chi connectivity index (χ4v) is 5.67. The Bertz CT molecular complexity index is 1500. The second-order valence-electron chi connectivity index (χ2n) is 8.20. The molecule has 2 aliphatic rings. The van der Waals surface area contributed by atoms with E-state index in [1.54, 1.807) is 42.1 Å². The minimum absolute atomic E-state index is 0.0909. The van der Waals surface area contributed by atoms with Crippen LogP contribution in [0.15, 0.2) is 94.7 Å². The van der Waals surface area contributed by atoms with Crippen LogP contribution in [0.2, 0.25) is 0 Å². The number of anilines is 2. The van der Waals surface area contributed by atoms with E-state index in [9.17, 15) is 9.59 Å². The normalized spacial score (nSPS) is 14.0. The standard InChI is InChI=1S/C29H19NO2S/c1-30-24-8-4-5-9-26(24)33-27-17-19(13-15-25(27)30)11-10-18-12-14-22-23(16-18)29(32)21-7-3-2-6-20(21)28(22)31/h2-17H,1H3/b11-10+. The second-order valence-corrected chi connectivity index (χ2v) is 9.28. The summed E-state index contributed by atoms with van der Waals surface area (Å²) in [5.41, 5.74) is 6.29. The van der Waals surface area contributed by atoms with E-state index in [2.05, 4.69) is 54.4 Å². The summed E-state index contributed by atoms with van der Waals surface area (Å²) in [5, 5.41) is 0. The highest BCUT2D eigenvalue weighted by molar-refractivity contribution is 7.99.